The average Bonchev–Trinajstić information content (AvgIpc) is 3.02. The molecule has 1 aliphatic carbocycles. The molecule has 2 aliphatic rings. The van der Waals surface area contributed by atoms with Gasteiger partial charge in [-0.25, -0.2) is 9.97 Å². The van der Waals surface area contributed by atoms with Crippen molar-refractivity contribution in [3.63, 3.8) is 0 Å². The largest absolute Gasteiger partial charge is 0.349 e. The molecule has 0 unspecified atom stereocenters. The maximum absolute atomic E-state index is 4.59. The van der Waals surface area contributed by atoms with E-state index in [4.69, 9.17) is 0 Å². The van der Waals surface area contributed by atoms with Crippen LogP contribution in [0.3, 0.4) is 0 Å². The number of rotatable bonds is 4. The number of aryl methyl sites for hydroxylation is 4. The number of aromatic nitrogens is 3. The van der Waals surface area contributed by atoms with Crippen molar-refractivity contribution in [2.24, 2.45) is 0 Å². The number of thiazole rings is 1. The monoisotopic (exact) mass is 271 g/mol. The molecule has 1 N–H and O–H groups in total. The Labute approximate surface area is 117 Å². The predicted octanol–water partition coefficient (Wildman–Crippen LogP) is 3.63. The lowest BCUT2D eigenvalue weighted by Crippen LogP contribution is -1.98. The molecule has 0 aromatic carbocycles. The number of H-pyrrole nitrogens is 1. The minimum Gasteiger partial charge on any atom is -0.349 e. The first-order valence-electron chi connectivity index (χ1n) is 6.64. The van der Waals surface area contributed by atoms with Crippen LogP contribution < -0.4 is 0 Å². The van der Waals surface area contributed by atoms with Crippen LogP contribution in [0.25, 0.3) is 11.3 Å². The van der Waals surface area contributed by atoms with Crippen LogP contribution >= 0.6 is 11.3 Å². The fourth-order valence-corrected chi connectivity index (χ4v) is 3.36. The van der Waals surface area contributed by atoms with Gasteiger partial charge in [0.25, 0.3) is 0 Å². The van der Waals surface area contributed by atoms with Crippen LogP contribution in [-0.4, -0.2) is 15.0 Å². The summed E-state index contributed by atoms with van der Waals surface area (Å²) in [6, 6.07) is 6.24. The topological polar surface area (TPSA) is 41.6 Å². The zero-order valence-corrected chi connectivity index (χ0v) is 12.0. The Morgan fingerprint density at radius 1 is 1.26 bits per heavy atom. The van der Waals surface area contributed by atoms with Crippen molar-refractivity contribution in [2.45, 2.75) is 33.1 Å². The molecule has 4 heteroatoms. The minimum absolute atomic E-state index is 1.01. The van der Waals surface area contributed by atoms with Crippen LogP contribution in [0.15, 0.2) is 24.5 Å². The molecule has 2 heterocycles. The van der Waals surface area contributed by atoms with Crippen LogP contribution in [0.1, 0.15) is 28.2 Å². The van der Waals surface area contributed by atoms with Gasteiger partial charge in [0.2, 0.25) is 0 Å². The molecule has 19 heavy (non-hydrogen) atoms. The molecule has 1 aromatic rings. The molecule has 3 nitrogen and oxygen atoms in total. The van der Waals surface area contributed by atoms with Crippen molar-refractivity contribution in [1.82, 2.24) is 15.0 Å². The van der Waals surface area contributed by atoms with Gasteiger partial charge in [0.15, 0.2) is 0 Å². The van der Waals surface area contributed by atoms with Crippen LogP contribution in [0.4, 0.5) is 0 Å². The molecule has 1 aliphatic heterocycles. The highest BCUT2D eigenvalue weighted by atomic mass is 32.1. The standard InChI is InChI=1S/C15H17N3S/c1-3-15-18-10(2)14(19-15)8-7-13-11-5-4-6-12(11)16-9-17-13/h4-6,9H,3,7-8H2,1-2H3,(H,16,17). The summed E-state index contributed by atoms with van der Waals surface area (Å²) in [5.41, 5.74) is 4.76. The Kier molecular flexibility index (Phi) is 3.34. The number of hydrogen-bond acceptors (Lipinski definition) is 3. The van der Waals surface area contributed by atoms with Gasteiger partial charge < -0.3 is 4.98 Å². The molecule has 0 fully saturated rings. The normalized spacial score (nSPS) is 11.3. The highest BCUT2D eigenvalue weighted by Crippen LogP contribution is 2.25. The zero-order valence-electron chi connectivity index (χ0n) is 11.2. The molecular formula is C15H17N3S. The van der Waals surface area contributed by atoms with Crippen LogP contribution in [0.5, 0.6) is 0 Å². The number of nitrogens with one attached hydrogen (secondary N) is 1. The summed E-state index contributed by atoms with van der Waals surface area (Å²) in [5.74, 6) is 0. The minimum atomic E-state index is 1.01. The van der Waals surface area contributed by atoms with Gasteiger partial charge >= 0.3 is 0 Å². The van der Waals surface area contributed by atoms with E-state index in [0.29, 0.717) is 0 Å². The lowest BCUT2D eigenvalue weighted by Gasteiger charge is -2.06. The van der Waals surface area contributed by atoms with Crippen LogP contribution in [-0.2, 0) is 19.3 Å². The summed E-state index contributed by atoms with van der Waals surface area (Å²) >= 11 is 1.85. The lowest BCUT2D eigenvalue weighted by molar-refractivity contribution is 0.905. The molecule has 0 radical (unpaired) electrons. The van der Waals surface area contributed by atoms with E-state index in [0.717, 1.165) is 25.0 Å². The Morgan fingerprint density at radius 3 is 2.95 bits per heavy atom. The van der Waals surface area contributed by atoms with Crippen molar-refractivity contribution < 1.29 is 0 Å². The van der Waals surface area contributed by atoms with Crippen molar-refractivity contribution in [3.05, 3.63) is 45.8 Å². The van der Waals surface area contributed by atoms with E-state index in [1.807, 2.05) is 11.3 Å². The molecule has 0 amide bonds. The SMILES string of the molecule is CCc1nc(C)c(CCc2[nH]cnc3cccc2-3)s1. The van der Waals surface area contributed by atoms with Gasteiger partial charge in [0.1, 0.15) is 0 Å². The smallest absolute Gasteiger partial charge is 0.0928 e. The summed E-state index contributed by atoms with van der Waals surface area (Å²) in [6.07, 6.45) is 4.87. The van der Waals surface area contributed by atoms with Crippen LogP contribution in [0, 0.1) is 6.92 Å². The molecule has 0 bridgehead atoms. The quantitative estimate of drug-likeness (QED) is 0.787. The predicted molar refractivity (Wildman–Crippen MR) is 78.8 cm³/mol. The van der Waals surface area contributed by atoms with Crippen LogP contribution in [0.2, 0.25) is 0 Å². The van der Waals surface area contributed by atoms with Gasteiger partial charge in [-0.2, -0.15) is 0 Å². The summed E-state index contributed by atoms with van der Waals surface area (Å²) in [6.45, 7) is 4.27. The summed E-state index contributed by atoms with van der Waals surface area (Å²) < 4.78 is 0. The lowest BCUT2D eigenvalue weighted by atomic mass is 10.1. The first kappa shape index (κ1) is 12.4. The third-order valence-electron chi connectivity index (χ3n) is 3.40. The Morgan fingerprint density at radius 2 is 2.16 bits per heavy atom. The second-order valence-electron chi connectivity index (χ2n) is 4.68. The second kappa shape index (κ2) is 5.13. The van der Waals surface area contributed by atoms with Crippen molar-refractivity contribution in [3.8, 4) is 11.3 Å². The fraction of sp³-hybridized carbons (Fsp3) is 0.333. The molecule has 0 saturated heterocycles. The zero-order chi connectivity index (χ0) is 13.2. The molecule has 0 saturated carbocycles. The first-order chi connectivity index (χ1) is 9.28. The molecule has 0 spiro atoms. The van der Waals surface area contributed by atoms with Gasteiger partial charge in [-0.05, 0) is 32.3 Å². The van der Waals surface area contributed by atoms with Gasteiger partial charge in [-0.15, -0.1) is 11.3 Å². The summed E-state index contributed by atoms with van der Waals surface area (Å²) in [4.78, 5) is 13.6. The number of fused-ring (bicyclic) bond motifs is 1. The fourth-order valence-electron chi connectivity index (χ4n) is 2.35. The van der Waals surface area contributed by atoms with E-state index in [2.05, 4.69) is 47.0 Å². The van der Waals surface area contributed by atoms with E-state index in [-0.39, 0.29) is 0 Å². The van der Waals surface area contributed by atoms with Crippen molar-refractivity contribution >= 4 is 11.3 Å². The van der Waals surface area contributed by atoms with E-state index >= 15 is 0 Å². The van der Waals surface area contributed by atoms with Gasteiger partial charge in [-0.3, -0.25) is 0 Å². The van der Waals surface area contributed by atoms with Gasteiger partial charge in [0, 0.05) is 16.1 Å². The third kappa shape index (κ3) is 2.40. The second-order valence-corrected chi connectivity index (χ2v) is 5.84. The Hall–Kier alpha value is -1.68. The van der Waals surface area contributed by atoms with Crippen molar-refractivity contribution in [2.75, 3.05) is 0 Å². The van der Waals surface area contributed by atoms with Crippen molar-refractivity contribution in [1.29, 1.82) is 0 Å². The molecule has 98 valence electrons. The van der Waals surface area contributed by atoms with E-state index < -0.39 is 0 Å². The average molecular weight is 271 g/mol. The molecule has 3 rings (SSSR count). The first-order valence-corrected chi connectivity index (χ1v) is 7.45. The molecule has 0 atom stereocenters. The number of nitrogens with zero attached hydrogens (tertiary/aromatic N) is 2. The number of aromatic amines is 1. The molecular weight excluding hydrogens is 254 g/mol. The summed E-state index contributed by atoms with van der Waals surface area (Å²) in [5, 5.41) is 1.24. The van der Waals surface area contributed by atoms with E-state index in [1.54, 1.807) is 6.33 Å². The maximum atomic E-state index is 4.59. The maximum Gasteiger partial charge on any atom is 0.0928 e. The Bertz CT molecular complexity index is 653. The molecule has 1 aromatic heterocycles. The number of hydrogen-bond donors (Lipinski definition) is 1. The van der Waals surface area contributed by atoms with Gasteiger partial charge in [-0.1, -0.05) is 19.1 Å². The Balaban J connectivity index is 1.79. The van der Waals surface area contributed by atoms with E-state index in [9.17, 15) is 0 Å². The highest BCUT2D eigenvalue weighted by molar-refractivity contribution is 7.11. The van der Waals surface area contributed by atoms with Gasteiger partial charge in [0.05, 0.1) is 22.7 Å². The third-order valence-corrected chi connectivity index (χ3v) is 4.76. The summed E-state index contributed by atoms with van der Waals surface area (Å²) in [7, 11) is 0. The van der Waals surface area contributed by atoms with E-state index in [1.165, 1.54) is 26.8 Å². The highest BCUT2D eigenvalue weighted by Gasteiger charge is 2.11.